The first-order valence-corrected chi connectivity index (χ1v) is 6.49. The second kappa shape index (κ2) is 8.28. The van der Waals surface area contributed by atoms with E-state index in [9.17, 15) is 4.79 Å². The lowest BCUT2D eigenvalue weighted by molar-refractivity contribution is -0.0407. The standard InChI is InChI=1S/C12H16INO4/c1-16-8-17-6-5-11(18-12(14)15)9-3-2-4-10(13)7-9/h2-4,7,11H,5-6,8H2,1H3,(H2,14,15)/t11-/m0/s1. The molecule has 6 heteroatoms. The Balaban J connectivity index is 2.62. The van der Waals surface area contributed by atoms with E-state index in [4.69, 9.17) is 19.9 Å². The van der Waals surface area contributed by atoms with E-state index in [2.05, 4.69) is 22.6 Å². The number of methoxy groups -OCH3 is 1. The van der Waals surface area contributed by atoms with Gasteiger partial charge in [0.1, 0.15) is 12.9 Å². The maximum Gasteiger partial charge on any atom is 0.405 e. The summed E-state index contributed by atoms with van der Waals surface area (Å²) in [6.45, 7) is 0.646. The second-order valence-electron chi connectivity index (χ2n) is 3.58. The highest BCUT2D eigenvalue weighted by Crippen LogP contribution is 2.22. The summed E-state index contributed by atoms with van der Waals surface area (Å²) < 4.78 is 16.1. The molecule has 100 valence electrons. The van der Waals surface area contributed by atoms with Gasteiger partial charge >= 0.3 is 6.09 Å². The van der Waals surface area contributed by atoms with Crippen LogP contribution in [-0.2, 0) is 14.2 Å². The lowest BCUT2D eigenvalue weighted by atomic mass is 10.1. The fourth-order valence-electron chi connectivity index (χ4n) is 1.47. The third-order valence-corrected chi connectivity index (χ3v) is 2.88. The van der Waals surface area contributed by atoms with Gasteiger partial charge in [0.05, 0.1) is 6.61 Å². The van der Waals surface area contributed by atoms with Gasteiger partial charge < -0.3 is 19.9 Å². The van der Waals surface area contributed by atoms with Crippen LogP contribution in [0, 0.1) is 3.57 Å². The SMILES string of the molecule is COCOCC[C@H](OC(N)=O)c1cccc(I)c1. The third-order valence-electron chi connectivity index (χ3n) is 2.20. The molecule has 1 aromatic carbocycles. The number of nitrogens with two attached hydrogens (primary N) is 1. The number of hydrogen-bond acceptors (Lipinski definition) is 4. The van der Waals surface area contributed by atoms with Crippen molar-refractivity contribution in [1.82, 2.24) is 0 Å². The van der Waals surface area contributed by atoms with Crippen LogP contribution in [0.2, 0.25) is 0 Å². The minimum absolute atomic E-state index is 0.218. The van der Waals surface area contributed by atoms with Gasteiger partial charge in [-0.2, -0.15) is 0 Å². The Labute approximate surface area is 120 Å². The van der Waals surface area contributed by atoms with Gasteiger partial charge in [0.25, 0.3) is 0 Å². The molecule has 1 rings (SSSR count). The van der Waals surface area contributed by atoms with E-state index in [0.717, 1.165) is 9.13 Å². The molecular formula is C12H16INO4. The first kappa shape index (κ1) is 15.2. The van der Waals surface area contributed by atoms with Gasteiger partial charge in [-0.15, -0.1) is 0 Å². The Morgan fingerprint density at radius 3 is 2.89 bits per heavy atom. The van der Waals surface area contributed by atoms with Crippen LogP contribution in [0.1, 0.15) is 18.1 Å². The molecule has 0 aliphatic rings. The Bertz CT molecular complexity index is 386. The Morgan fingerprint density at radius 2 is 2.28 bits per heavy atom. The Kier molecular flexibility index (Phi) is 6.99. The van der Waals surface area contributed by atoms with Crippen molar-refractivity contribution in [2.45, 2.75) is 12.5 Å². The fourth-order valence-corrected chi connectivity index (χ4v) is 2.04. The zero-order chi connectivity index (χ0) is 13.4. The number of amides is 1. The number of rotatable bonds is 7. The van der Waals surface area contributed by atoms with Gasteiger partial charge in [-0.1, -0.05) is 12.1 Å². The molecule has 0 heterocycles. The molecule has 2 N–H and O–H groups in total. The molecule has 0 saturated carbocycles. The summed E-state index contributed by atoms with van der Waals surface area (Å²) in [7, 11) is 1.55. The van der Waals surface area contributed by atoms with Crippen LogP contribution < -0.4 is 5.73 Å². The lowest BCUT2D eigenvalue weighted by Crippen LogP contribution is -2.19. The van der Waals surface area contributed by atoms with Crippen molar-refractivity contribution in [1.29, 1.82) is 0 Å². The number of ether oxygens (including phenoxy) is 3. The largest absolute Gasteiger partial charge is 0.441 e. The van der Waals surface area contributed by atoms with Crippen molar-refractivity contribution in [3.63, 3.8) is 0 Å². The van der Waals surface area contributed by atoms with E-state index in [-0.39, 0.29) is 6.79 Å². The lowest BCUT2D eigenvalue weighted by Gasteiger charge is -2.17. The summed E-state index contributed by atoms with van der Waals surface area (Å²) in [5, 5.41) is 0. The number of benzene rings is 1. The van der Waals surface area contributed by atoms with Gasteiger partial charge in [0.15, 0.2) is 0 Å². The molecule has 0 fully saturated rings. The molecule has 0 saturated heterocycles. The first-order chi connectivity index (χ1) is 8.63. The Hall–Kier alpha value is -0.860. The van der Waals surface area contributed by atoms with E-state index in [0.29, 0.717) is 13.0 Å². The minimum Gasteiger partial charge on any atom is -0.441 e. The number of carbonyl (C=O) groups is 1. The van der Waals surface area contributed by atoms with Crippen LogP contribution in [0.4, 0.5) is 4.79 Å². The van der Waals surface area contributed by atoms with Crippen LogP contribution in [0.15, 0.2) is 24.3 Å². The fraction of sp³-hybridized carbons (Fsp3) is 0.417. The van der Waals surface area contributed by atoms with Crippen molar-refractivity contribution in [3.05, 3.63) is 33.4 Å². The number of carbonyl (C=O) groups excluding carboxylic acids is 1. The Morgan fingerprint density at radius 1 is 1.50 bits per heavy atom. The molecule has 1 amide bonds. The molecule has 0 aromatic heterocycles. The zero-order valence-corrected chi connectivity index (χ0v) is 12.3. The van der Waals surface area contributed by atoms with E-state index in [1.807, 2.05) is 24.3 Å². The van der Waals surface area contributed by atoms with Gasteiger partial charge in [-0.3, -0.25) is 0 Å². The van der Waals surface area contributed by atoms with Gasteiger partial charge in [0, 0.05) is 17.1 Å². The van der Waals surface area contributed by atoms with Gasteiger partial charge in [-0.25, -0.2) is 4.79 Å². The van der Waals surface area contributed by atoms with Crippen molar-refractivity contribution < 1.29 is 19.0 Å². The van der Waals surface area contributed by atoms with Crippen molar-refractivity contribution in [3.8, 4) is 0 Å². The average Bonchev–Trinajstić information content (AvgIpc) is 2.32. The van der Waals surface area contributed by atoms with Crippen LogP contribution in [0.3, 0.4) is 0 Å². The van der Waals surface area contributed by atoms with E-state index in [1.165, 1.54) is 0 Å². The summed E-state index contributed by atoms with van der Waals surface area (Å²) in [4.78, 5) is 10.9. The zero-order valence-electron chi connectivity index (χ0n) is 10.1. The summed E-state index contributed by atoms with van der Waals surface area (Å²) in [6, 6.07) is 7.72. The molecule has 0 spiro atoms. The highest BCUT2D eigenvalue weighted by molar-refractivity contribution is 14.1. The second-order valence-corrected chi connectivity index (χ2v) is 4.83. The van der Waals surface area contributed by atoms with Crippen molar-refractivity contribution in [2.24, 2.45) is 5.73 Å². The van der Waals surface area contributed by atoms with Crippen LogP contribution in [-0.4, -0.2) is 26.6 Å². The topological polar surface area (TPSA) is 70.8 Å². The molecule has 5 nitrogen and oxygen atoms in total. The monoisotopic (exact) mass is 365 g/mol. The van der Waals surface area contributed by atoms with E-state index in [1.54, 1.807) is 7.11 Å². The van der Waals surface area contributed by atoms with Crippen molar-refractivity contribution >= 4 is 28.7 Å². The molecule has 0 bridgehead atoms. The maximum absolute atomic E-state index is 10.9. The smallest absolute Gasteiger partial charge is 0.405 e. The third kappa shape index (κ3) is 5.65. The van der Waals surface area contributed by atoms with E-state index < -0.39 is 12.2 Å². The maximum atomic E-state index is 10.9. The molecule has 18 heavy (non-hydrogen) atoms. The number of halogens is 1. The normalized spacial score (nSPS) is 12.1. The summed E-state index contributed by atoms with van der Waals surface area (Å²) >= 11 is 2.20. The summed E-state index contributed by atoms with van der Waals surface area (Å²) in [6.07, 6.45) is -0.647. The molecule has 0 aliphatic carbocycles. The molecular weight excluding hydrogens is 349 g/mol. The van der Waals surface area contributed by atoms with Crippen molar-refractivity contribution in [2.75, 3.05) is 20.5 Å². The quantitative estimate of drug-likeness (QED) is 0.458. The van der Waals surface area contributed by atoms with Gasteiger partial charge in [-0.05, 0) is 40.3 Å². The predicted octanol–water partition coefficient (Wildman–Crippen LogP) is 2.44. The average molecular weight is 365 g/mol. The number of hydrogen-bond donors (Lipinski definition) is 1. The molecule has 1 aromatic rings. The molecule has 1 atom stereocenters. The highest BCUT2D eigenvalue weighted by Gasteiger charge is 2.15. The number of primary amides is 1. The predicted molar refractivity (Wildman–Crippen MR) is 75.0 cm³/mol. The summed E-state index contributed by atoms with van der Waals surface area (Å²) in [5.74, 6) is 0. The van der Waals surface area contributed by atoms with E-state index >= 15 is 0 Å². The summed E-state index contributed by atoms with van der Waals surface area (Å²) in [5.41, 5.74) is 5.97. The van der Waals surface area contributed by atoms with Crippen LogP contribution in [0.25, 0.3) is 0 Å². The molecule has 0 aliphatic heterocycles. The minimum atomic E-state index is -0.786. The highest BCUT2D eigenvalue weighted by atomic mass is 127. The molecule has 0 unspecified atom stereocenters. The van der Waals surface area contributed by atoms with Crippen LogP contribution >= 0.6 is 22.6 Å². The van der Waals surface area contributed by atoms with Crippen LogP contribution in [0.5, 0.6) is 0 Å². The molecule has 0 radical (unpaired) electrons. The first-order valence-electron chi connectivity index (χ1n) is 5.41. The van der Waals surface area contributed by atoms with Gasteiger partial charge in [0.2, 0.25) is 0 Å².